The van der Waals surface area contributed by atoms with Gasteiger partial charge in [0.05, 0.1) is 0 Å². The molecule has 4 nitrogen and oxygen atoms in total. The summed E-state index contributed by atoms with van der Waals surface area (Å²) in [6.07, 6.45) is 3.08. The van der Waals surface area contributed by atoms with Gasteiger partial charge in [0.1, 0.15) is 0 Å². The van der Waals surface area contributed by atoms with Gasteiger partial charge in [0, 0.05) is 43.3 Å². The summed E-state index contributed by atoms with van der Waals surface area (Å²) in [6, 6.07) is 14.2. The third-order valence-electron chi connectivity index (χ3n) is 4.49. The Morgan fingerprint density at radius 2 is 1.96 bits per heavy atom. The fraction of sp³-hybridized carbons (Fsp3) is 0.286. The number of H-pyrrole nitrogens is 1. The zero-order valence-electron chi connectivity index (χ0n) is 15.1. The van der Waals surface area contributed by atoms with Gasteiger partial charge in [-0.1, -0.05) is 30.3 Å². The van der Waals surface area contributed by atoms with Gasteiger partial charge < -0.3 is 15.2 Å². The summed E-state index contributed by atoms with van der Waals surface area (Å²) in [7, 11) is 3.55. The number of aromatic nitrogens is 1. The molecule has 0 unspecified atom stereocenters. The van der Waals surface area contributed by atoms with Crippen LogP contribution in [-0.2, 0) is 13.0 Å². The largest absolute Gasteiger partial charge is 0.361 e. The number of hydrogen-bond acceptors (Lipinski definition) is 2. The van der Waals surface area contributed by atoms with Gasteiger partial charge in [-0.3, -0.25) is 4.79 Å². The molecule has 1 amide bonds. The van der Waals surface area contributed by atoms with E-state index in [0.29, 0.717) is 0 Å². The van der Waals surface area contributed by atoms with Crippen LogP contribution in [0, 0.1) is 6.92 Å². The molecule has 1 heterocycles. The molecule has 0 saturated carbocycles. The van der Waals surface area contributed by atoms with Crippen molar-refractivity contribution in [2.45, 2.75) is 19.9 Å². The molecule has 25 heavy (non-hydrogen) atoms. The first-order valence-corrected chi connectivity index (χ1v) is 8.63. The van der Waals surface area contributed by atoms with Crippen LogP contribution in [0.2, 0.25) is 0 Å². The molecule has 3 rings (SSSR count). The first kappa shape index (κ1) is 17.2. The predicted molar refractivity (Wildman–Crippen MR) is 103 cm³/mol. The fourth-order valence-corrected chi connectivity index (χ4v) is 3.10. The standard InChI is InChI=1S/C21H25N3O/c1-15-6-4-9-19-18(14-23-20(15)19)10-11-22-13-16-7-5-8-17(12-16)21(25)24(2)3/h4-9,12,14,22-23H,10-11,13H2,1-3H3. The lowest BCUT2D eigenvalue weighted by molar-refractivity contribution is 0.0827. The van der Waals surface area contributed by atoms with E-state index < -0.39 is 0 Å². The SMILES string of the molecule is Cc1cccc2c(CCNCc3cccc(C(=O)N(C)C)c3)c[nH]c12. The van der Waals surface area contributed by atoms with Crippen LogP contribution in [0.3, 0.4) is 0 Å². The first-order valence-electron chi connectivity index (χ1n) is 8.63. The second-order valence-electron chi connectivity index (χ2n) is 6.64. The minimum atomic E-state index is 0.0380. The molecule has 0 bridgehead atoms. The number of amides is 1. The molecule has 4 heteroatoms. The van der Waals surface area contributed by atoms with Crippen LogP contribution in [0.4, 0.5) is 0 Å². The number of carbonyl (C=O) groups excluding carboxylic acids is 1. The highest BCUT2D eigenvalue weighted by Crippen LogP contribution is 2.21. The lowest BCUT2D eigenvalue weighted by Gasteiger charge is -2.11. The number of nitrogens with one attached hydrogen (secondary N) is 2. The average Bonchev–Trinajstić information content (AvgIpc) is 3.03. The van der Waals surface area contributed by atoms with Crippen molar-refractivity contribution < 1.29 is 4.79 Å². The van der Waals surface area contributed by atoms with E-state index in [1.54, 1.807) is 19.0 Å². The minimum Gasteiger partial charge on any atom is -0.361 e. The van der Waals surface area contributed by atoms with Crippen molar-refractivity contribution in [1.29, 1.82) is 0 Å². The summed E-state index contributed by atoms with van der Waals surface area (Å²) >= 11 is 0. The van der Waals surface area contributed by atoms with Gasteiger partial charge in [-0.25, -0.2) is 0 Å². The highest BCUT2D eigenvalue weighted by molar-refractivity contribution is 5.94. The third kappa shape index (κ3) is 3.91. The molecule has 0 atom stereocenters. The van der Waals surface area contributed by atoms with Gasteiger partial charge in [-0.15, -0.1) is 0 Å². The molecule has 1 aromatic heterocycles. The molecular formula is C21H25N3O. The van der Waals surface area contributed by atoms with Gasteiger partial charge in [-0.2, -0.15) is 0 Å². The number of benzene rings is 2. The zero-order valence-corrected chi connectivity index (χ0v) is 15.1. The third-order valence-corrected chi connectivity index (χ3v) is 4.49. The van der Waals surface area contributed by atoms with Crippen LogP contribution in [0.15, 0.2) is 48.7 Å². The molecule has 130 valence electrons. The smallest absolute Gasteiger partial charge is 0.253 e. The van der Waals surface area contributed by atoms with Crippen LogP contribution in [0.5, 0.6) is 0 Å². The second kappa shape index (κ2) is 7.53. The van der Waals surface area contributed by atoms with Gasteiger partial charge in [0.15, 0.2) is 0 Å². The van der Waals surface area contributed by atoms with Crippen molar-refractivity contribution in [1.82, 2.24) is 15.2 Å². The van der Waals surface area contributed by atoms with E-state index in [2.05, 4.69) is 47.7 Å². The molecule has 3 aromatic rings. The Bertz CT molecular complexity index is 880. The molecule has 0 saturated heterocycles. The van der Waals surface area contributed by atoms with Crippen LogP contribution in [0.1, 0.15) is 27.0 Å². The number of nitrogens with zero attached hydrogens (tertiary/aromatic N) is 1. The van der Waals surface area contributed by atoms with E-state index >= 15 is 0 Å². The predicted octanol–water partition coefficient (Wildman–Crippen LogP) is 3.51. The van der Waals surface area contributed by atoms with Crippen molar-refractivity contribution in [3.63, 3.8) is 0 Å². The maximum Gasteiger partial charge on any atom is 0.253 e. The lowest BCUT2D eigenvalue weighted by atomic mass is 10.1. The van der Waals surface area contributed by atoms with Gasteiger partial charge in [0.2, 0.25) is 0 Å². The number of para-hydroxylation sites is 1. The Labute approximate surface area is 148 Å². The topological polar surface area (TPSA) is 48.1 Å². The summed E-state index contributed by atoms with van der Waals surface area (Å²) in [4.78, 5) is 17.0. The Balaban J connectivity index is 1.57. The average molecular weight is 335 g/mol. The monoisotopic (exact) mass is 335 g/mol. The highest BCUT2D eigenvalue weighted by atomic mass is 16.2. The van der Waals surface area contributed by atoms with Crippen molar-refractivity contribution in [2.24, 2.45) is 0 Å². The zero-order chi connectivity index (χ0) is 17.8. The van der Waals surface area contributed by atoms with Crippen LogP contribution >= 0.6 is 0 Å². The van der Waals surface area contributed by atoms with E-state index in [-0.39, 0.29) is 5.91 Å². The number of aromatic amines is 1. The molecule has 0 aliphatic carbocycles. The maximum atomic E-state index is 12.0. The van der Waals surface area contributed by atoms with Gasteiger partial charge >= 0.3 is 0 Å². The second-order valence-corrected chi connectivity index (χ2v) is 6.64. The van der Waals surface area contributed by atoms with E-state index in [9.17, 15) is 4.79 Å². The Hall–Kier alpha value is -2.59. The summed E-state index contributed by atoms with van der Waals surface area (Å²) < 4.78 is 0. The normalized spacial score (nSPS) is 11.0. The molecule has 0 fully saturated rings. The van der Waals surface area contributed by atoms with Gasteiger partial charge in [-0.05, 0) is 48.7 Å². The molecule has 0 aliphatic rings. The lowest BCUT2D eigenvalue weighted by Crippen LogP contribution is -2.22. The Morgan fingerprint density at radius 1 is 1.16 bits per heavy atom. The summed E-state index contributed by atoms with van der Waals surface area (Å²) in [5, 5.41) is 4.78. The number of fused-ring (bicyclic) bond motifs is 1. The van der Waals surface area contributed by atoms with Crippen molar-refractivity contribution in [3.05, 3.63) is 70.9 Å². The number of carbonyl (C=O) groups is 1. The Kier molecular flexibility index (Phi) is 5.19. The quantitative estimate of drug-likeness (QED) is 0.677. The van der Waals surface area contributed by atoms with E-state index in [0.717, 1.165) is 30.6 Å². The molecule has 2 aromatic carbocycles. The molecule has 0 aliphatic heterocycles. The van der Waals surface area contributed by atoms with E-state index in [1.165, 1.54) is 22.0 Å². The molecule has 2 N–H and O–H groups in total. The van der Waals surface area contributed by atoms with Crippen molar-refractivity contribution >= 4 is 16.8 Å². The minimum absolute atomic E-state index is 0.0380. The summed E-state index contributed by atoms with van der Waals surface area (Å²) in [6.45, 7) is 3.78. The summed E-state index contributed by atoms with van der Waals surface area (Å²) in [5.74, 6) is 0.0380. The van der Waals surface area contributed by atoms with Crippen molar-refractivity contribution in [3.8, 4) is 0 Å². The van der Waals surface area contributed by atoms with E-state index in [1.807, 2.05) is 18.2 Å². The van der Waals surface area contributed by atoms with Crippen molar-refractivity contribution in [2.75, 3.05) is 20.6 Å². The molecular weight excluding hydrogens is 310 g/mol. The van der Waals surface area contributed by atoms with Gasteiger partial charge in [0.25, 0.3) is 5.91 Å². The fourth-order valence-electron chi connectivity index (χ4n) is 3.10. The number of rotatable bonds is 6. The summed E-state index contributed by atoms with van der Waals surface area (Å²) in [5.41, 5.74) is 5.70. The van der Waals surface area contributed by atoms with Crippen LogP contribution in [-0.4, -0.2) is 36.4 Å². The van der Waals surface area contributed by atoms with E-state index in [4.69, 9.17) is 0 Å². The maximum absolute atomic E-state index is 12.0. The Morgan fingerprint density at radius 3 is 2.76 bits per heavy atom. The number of aryl methyl sites for hydroxylation is 1. The molecule has 0 radical (unpaired) electrons. The first-order chi connectivity index (χ1) is 12.1. The van der Waals surface area contributed by atoms with Crippen LogP contribution < -0.4 is 5.32 Å². The van der Waals surface area contributed by atoms with Crippen LogP contribution in [0.25, 0.3) is 10.9 Å². The highest BCUT2D eigenvalue weighted by Gasteiger charge is 2.08. The number of hydrogen-bond donors (Lipinski definition) is 2. The molecule has 0 spiro atoms.